The Kier molecular flexibility index (Phi) is 6.20. The highest BCUT2D eigenvalue weighted by molar-refractivity contribution is 7.99. The van der Waals surface area contributed by atoms with E-state index in [0.29, 0.717) is 28.5 Å². The summed E-state index contributed by atoms with van der Waals surface area (Å²) >= 11 is 9.35. The zero-order chi connectivity index (χ0) is 18.5. The number of nitrogens with zero attached hydrogens (tertiary/aromatic N) is 2. The third kappa shape index (κ3) is 4.21. The summed E-state index contributed by atoms with van der Waals surface area (Å²) in [6, 6.07) is 13.8. The number of hydrogen-bond acceptors (Lipinski definition) is 3. The Morgan fingerprint density at radius 2 is 2.08 bits per heavy atom. The number of halogens is 1. The second-order valence-electron chi connectivity index (χ2n) is 5.61. The molecule has 26 heavy (non-hydrogen) atoms. The molecule has 0 atom stereocenters. The van der Waals surface area contributed by atoms with Crippen LogP contribution >= 0.6 is 34.7 Å². The normalized spacial score (nSPS) is 11.7. The van der Waals surface area contributed by atoms with Crippen molar-refractivity contribution in [1.82, 2.24) is 4.57 Å². The Bertz CT molecular complexity index is 1050. The van der Waals surface area contributed by atoms with Crippen molar-refractivity contribution in [2.75, 3.05) is 5.75 Å². The molecule has 0 saturated heterocycles. The fourth-order valence-corrected chi connectivity index (χ4v) is 4.69. The van der Waals surface area contributed by atoms with Crippen molar-refractivity contribution in [2.24, 2.45) is 4.99 Å². The van der Waals surface area contributed by atoms with Crippen LogP contribution in [0.1, 0.15) is 12.0 Å². The monoisotopic (exact) mass is 400 g/mol. The van der Waals surface area contributed by atoms with Crippen molar-refractivity contribution >= 4 is 50.8 Å². The molecule has 6 heteroatoms. The van der Waals surface area contributed by atoms with Crippen LogP contribution in [0, 0.1) is 19.3 Å². The fraction of sp³-hybridized carbons (Fsp3) is 0.200. The molecule has 0 aliphatic heterocycles. The van der Waals surface area contributed by atoms with E-state index in [-0.39, 0.29) is 5.91 Å². The third-order valence-corrected chi connectivity index (χ3v) is 6.29. The van der Waals surface area contributed by atoms with Crippen molar-refractivity contribution in [3.05, 3.63) is 57.9 Å². The molecule has 132 valence electrons. The summed E-state index contributed by atoms with van der Waals surface area (Å²) in [5, 5.41) is 0.679. The van der Waals surface area contributed by atoms with E-state index in [1.807, 2.05) is 54.0 Å². The lowest BCUT2D eigenvalue weighted by molar-refractivity contribution is -0.117. The Labute approximate surface area is 165 Å². The molecule has 0 radical (unpaired) electrons. The predicted octanol–water partition coefficient (Wildman–Crippen LogP) is 4.91. The van der Waals surface area contributed by atoms with Gasteiger partial charge in [-0.1, -0.05) is 47.1 Å². The molecule has 0 unspecified atom stereocenters. The number of thioether (sulfide) groups is 1. The van der Waals surface area contributed by atoms with Gasteiger partial charge in [-0.3, -0.25) is 4.79 Å². The van der Waals surface area contributed by atoms with Crippen molar-refractivity contribution in [1.29, 1.82) is 0 Å². The van der Waals surface area contributed by atoms with E-state index in [0.717, 1.165) is 20.7 Å². The Balaban J connectivity index is 1.84. The van der Waals surface area contributed by atoms with Gasteiger partial charge in [0.15, 0.2) is 4.80 Å². The van der Waals surface area contributed by atoms with Crippen LogP contribution in [0.15, 0.2) is 52.4 Å². The molecule has 0 aliphatic rings. The van der Waals surface area contributed by atoms with E-state index >= 15 is 0 Å². The maximum Gasteiger partial charge on any atom is 0.249 e. The number of carbonyl (C=O) groups excluding carboxylic acids is 1. The highest BCUT2D eigenvalue weighted by atomic mass is 35.5. The van der Waals surface area contributed by atoms with Gasteiger partial charge in [0.25, 0.3) is 0 Å². The van der Waals surface area contributed by atoms with Crippen molar-refractivity contribution < 1.29 is 4.79 Å². The van der Waals surface area contributed by atoms with E-state index in [1.165, 1.54) is 11.3 Å². The molecule has 0 saturated carbocycles. The predicted molar refractivity (Wildman–Crippen MR) is 111 cm³/mol. The van der Waals surface area contributed by atoms with Gasteiger partial charge in [-0.25, -0.2) is 0 Å². The summed E-state index contributed by atoms with van der Waals surface area (Å²) in [7, 11) is 0. The molecular weight excluding hydrogens is 384 g/mol. The standard InChI is InChI=1S/C20H17ClN2OS2/c1-3-12-23-19-14(2)16(21)9-10-17(19)26-20(23)22-18(24)11-13-25-15-7-5-4-6-8-15/h1,4-10H,11-13H2,2H3. The Hall–Kier alpha value is -2.00. The van der Waals surface area contributed by atoms with Crippen LogP contribution in [-0.2, 0) is 11.3 Å². The molecule has 1 aromatic heterocycles. The summed E-state index contributed by atoms with van der Waals surface area (Å²) in [4.78, 5) is 18.4. The second kappa shape index (κ2) is 8.59. The van der Waals surface area contributed by atoms with Crippen LogP contribution in [0.2, 0.25) is 5.02 Å². The first-order chi connectivity index (χ1) is 12.6. The molecule has 3 nitrogen and oxygen atoms in total. The van der Waals surface area contributed by atoms with Gasteiger partial charge in [-0.2, -0.15) is 4.99 Å². The van der Waals surface area contributed by atoms with Crippen LogP contribution in [0.5, 0.6) is 0 Å². The molecule has 2 aromatic carbocycles. The van der Waals surface area contributed by atoms with Gasteiger partial charge >= 0.3 is 0 Å². The number of aromatic nitrogens is 1. The third-order valence-electron chi connectivity index (χ3n) is 3.83. The van der Waals surface area contributed by atoms with Gasteiger partial charge in [0.05, 0.1) is 16.8 Å². The van der Waals surface area contributed by atoms with E-state index in [4.69, 9.17) is 18.0 Å². The van der Waals surface area contributed by atoms with E-state index < -0.39 is 0 Å². The zero-order valence-electron chi connectivity index (χ0n) is 14.2. The van der Waals surface area contributed by atoms with Crippen molar-refractivity contribution in [3.63, 3.8) is 0 Å². The van der Waals surface area contributed by atoms with Crippen molar-refractivity contribution in [2.45, 2.75) is 24.8 Å². The first-order valence-electron chi connectivity index (χ1n) is 8.07. The topological polar surface area (TPSA) is 34.4 Å². The molecule has 0 fully saturated rings. The first-order valence-corrected chi connectivity index (χ1v) is 10.3. The van der Waals surface area contributed by atoms with Crippen molar-refractivity contribution in [3.8, 4) is 12.3 Å². The van der Waals surface area contributed by atoms with E-state index in [2.05, 4.69) is 10.9 Å². The molecule has 3 rings (SSSR count). The molecular formula is C20H17ClN2OS2. The van der Waals surface area contributed by atoms with Gasteiger partial charge in [-0.15, -0.1) is 18.2 Å². The molecule has 1 heterocycles. The zero-order valence-corrected chi connectivity index (χ0v) is 16.6. The smallest absolute Gasteiger partial charge is 0.249 e. The quantitative estimate of drug-likeness (QED) is 0.450. The average Bonchev–Trinajstić information content (AvgIpc) is 2.97. The number of amides is 1. The molecule has 0 N–H and O–H groups in total. The van der Waals surface area contributed by atoms with Gasteiger partial charge in [0.2, 0.25) is 5.91 Å². The lowest BCUT2D eigenvalue weighted by Gasteiger charge is -2.04. The number of carbonyl (C=O) groups is 1. The molecule has 0 bridgehead atoms. The summed E-state index contributed by atoms with van der Waals surface area (Å²) < 4.78 is 2.91. The number of benzene rings is 2. The van der Waals surface area contributed by atoms with Gasteiger partial charge < -0.3 is 4.57 Å². The summed E-state index contributed by atoms with van der Waals surface area (Å²) in [5.41, 5.74) is 1.90. The SMILES string of the molecule is C#CCn1c(=NC(=O)CCSc2ccccc2)sc2ccc(Cl)c(C)c21. The number of rotatable bonds is 5. The first kappa shape index (κ1) is 18.8. The van der Waals surface area contributed by atoms with Crippen LogP contribution in [0.3, 0.4) is 0 Å². The van der Waals surface area contributed by atoms with E-state index in [1.54, 1.807) is 11.8 Å². The van der Waals surface area contributed by atoms with Crippen LogP contribution in [0.4, 0.5) is 0 Å². The van der Waals surface area contributed by atoms with Gasteiger partial charge in [0, 0.05) is 22.1 Å². The van der Waals surface area contributed by atoms with Crippen LogP contribution in [-0.4, -0.2) is 16.2 Å². The highest BCUT2D eigenvalue weighted by Gasteiger charge is 2.11. The second-order valence-corrected chi connectivity index (χ2v) is 8.20. The van der Waals surface area contributed by atoms with Gasteiger partial charge in [-0.05, 0) is 36.8 Å². The molecule has 0 aliphatic carbocycles. The van der Waals surface area contributed by atoms with Gasteiger partial charge in [0.1, 0.15) is 0 Å². The average molecular weight is 401 g/mol. The molecule has 3 aromatic rings. The summed E-state index contributed by atoms with van der Waals surface area (Å²) in [5.74, 6) is 3.19. The lowest BCUT2D eigenvalue weighted by Crippen LogP contribution is -2.17. The minimum absolute atomic E-state index is 0.144. The Morgan fingerprint density at radius 3 is 2.81 bits per heavy atom. The van der Waals surface area contributed by atoms with E-state index in [9.17, 15) is 4.79 Å². The maximum absolute atomic E-state index is 12.3. The van der Waals surface area contributed by atoms with Crippen LogP contribution < -0.4 is 4.80 Å². The Morgan fingerprint density at radius 1 is 1.31 bits per heavy atom. The number of hydrogen-bond donors (Lipinski definition) is 0. The number of thiazole rings is 1. The minimum atomic E-state index is -0.144. The molecule has 0 spiro atoms. The minimum Gasteiger partial charge on any atom is -0.304 e. The van der Waals surface area contributed by atoms with Crippen LogP contribution in [0.25, 0.3) is 10.2 Å². The number of aryl methyl sites for hydroxylation is 1. The number of fused-ring (bicyclic) bond motifs is 1. The largest absolute Gasteiger partial charge is 0.304 e. The maximum atomic E-state index is 12.3. The lowest BCUT2D eigenvalue weighted by atomic mass is 10.2. The molecule has 1 amide bonds. The summed E-state index contributed by atoms with van der Waals surface area (Å²) in [6.45, 7) is 2.30. The highest BCUT2D eigenvalue weighted by Crippen LogP contribution is 2.27. The fourth-order valence-electron chi connectivity index (χ4n) is 2.57. The summed E-state index contributed by atoms with van der Waals surface area (Å²) in [6.07, 6.45) is 5.89. The number of terminal acetylenes is 1.